The summed E-state index contributed by atoms with van der Waals surface area (Å²) >= 11 is 0. The number of aryl methyl sites for hydroxylation is 2. The molecule has 1 aliphatic carbocycles. The first-order chi connectivity index (χ1) is 9.24. The minimum atomic E-state index is 0.134. The van der Waals surface area contributed by atoms with Crippen LogP contribution in [-0.4, -0.2) is 9.13 Å². The van der Waals surface area contributed by atoms with E-state index in [1.54, 1.807) is 0 Å². The highest BCUT2D eigenvalue weighted by Crippen LogP contribution is 2.33. The number of benzene rings is 1. The number of nitrogens with zero attached hydrogens (tertiary/aromatic N) is 2. The van der Waals surface area contributed by atoms with Gasteiger partial charge in [0.15, 0.2) is 0 Å². The van der Waals surface area contributed by atoms with E-state index in [0.717, 1.165) is 37.9 Å². The maximum atomic E-state index is 12.1. The summed E-state index contributed by atoms with van der Waals surface area (Å²) in [6, 6.07) is 8.40. The van der Waals surface area contributed by atoms with Gasteiger partial charge >= 0.3 is 5.69 Å². The minimum Gasteiger partial charge on any atom is -0.399 e. The van der Waals surface area contributed by atoms with Crippen molar-refractivity contribution < 1.29 is 0 Å². The average molecular weight is 257 g/mol. The van der Waals surface area contributed by atoms with Crippen LogP contribution in [0.5, 0.6) is 0 Å². The molecule has 0 unspecified atom stereocenters. The van der Waals surface area contributed by atoms with Gasteiger partial charge in [-0.3, -0.25) is 9.13 Å². The standard InChI is InChI=1S/C15H19N3O/c16-13-5-1-3-12(11-13)4-2-8-17-9-10-18(15(17)19)14-6-7-14/h1,3,5,9-11,14H,2,4,6-8,16H2. The molecular weight excluding hydrogens is 238 g/mol. The van der Waals surface area contributed by atoms with Gasteiger partial charge in [-0.25, -0.2) is 4.79 Å². The van der Waals surface area contributed by atoms with Crippen LogP contribution < -0.4 is 11.4 Å². The monoisotopic (exact) mass is 257 g/mol. The summed E-state index contributed by atoms with van der Waals surface area (Å²) in [7, 11) is 0. The second-order valence-corrected chi connectivity index (χ2v) is 5.26. The molecular formula is C15H19N3O. The number of rotatable bonds is 5. The van der Waals surface area contributed by atoms with Crippen molar-refractivity contribution in [2.45, 2.75) is 38.3 Å². The maximum Gasteiger partial charge on any atom is 0.328 e. The highest BCUT2D eigenvalue weighted by atomic mass is 16.1. The Balaban J connectivity index is 1.59. The van der Waals surface area contributed by atoms with Gasteiger partial charge in [-0.1, -0.05) is 12.1 Å². The molecule has 4 heteroatoms. The van der Waals surface area contributed by atoms with Crippen LogP contribution in [0.1, 0.15) is 30.9 Å². The third-order valence-electron chi connectivity index (χ3n) is 3.63. The fraction of sp³-hybridized carbons (Fsp3) is 0.400. The third-order valence-corrected chi connectivity index (χ3v) is 3.63. The topological polar surface area (TPSA) is 52.9 Å². The van der Waals surface area contributed by atoms with Gasteiger partial charge < -0.3 is 5.73 Å². The molecule has 1 fully saturated rings. The molecule has 1 aromatic heterocycles. The van der Waals surface area contributed by atoms with E-state index in [2.05, 4.69) is 6.07 Å². The first-order valence-corrected chi connectivity index (χ1v) is 6.86. The van der Waals surface area contributed by atoms with Gasteiger partial charge in [0.1, 0.15) is 0 Å². The minimum absolute atomic E-state index is 0.134. The highest BCUT2D eigenvalue weighted by Gasteiger charge is 2.25. The molecule has 1 aromatic carbocycles. The van der Waals surface area contributed by atoms with Crippen LogP contribution >= 0.6 is 0 Å². The van der Waals surface area contributed by atoms with Crippen molar-refractivity contribution in [1.82, 2.24) is 9.13 Å². The van der Waals surface area contributed by atoms with E-state index in [1.807, 2.05) is 39.7 Å². The van der Waals surface area contributed by atoms with E-state index >= 15 is 0 Å². The van der Waals surface area contributed by atoms with Crippen molar-refractivity contribution in [3.8, 4) is 0 Å². The highest BCUT2D eigenvalue weighted by molar-refractivity contribution is 5.40. The molecule has 1 heterocycles. The Morgan fingerprint density at radius 3 is 2.84 bits per heavy atom. The summed E-state index contributed by atoms with van der Waals surface area (Å²) in [6.45, 7) is 0.771. The Hall–Kier alpha value is -1.97. The van der Waals surface area contributed by atoms with Crippen molar-refractivity contribution in [1.29, 1.82) is 0 Å². The zero-order valence-electron chi connectivity index (χ0n) is 11.0. The number of nitrogen functional groups attached to an aromatic ring is 1. The van der Waals surface area contributed by atoms with Gasteiger partial charge in [0.2, 0.25) is 0 Å². The lowest BCUT2D eigenvalue weighted by atomic mass is 10.1. The predicted octanol–water partition coefficient (Wildman–Crippen LogP) is 2.20. The molecule has 0 atom stereocenters. The predicted molar refractivity (Wildman–Crippen MR) is 76.1 cm³/mol. The van der Waals surface area contributed by atoms with Gasteiger partial charge in [-0.05, 0) is 43.4 Å². The number of imidazole rings is 1. The van der Waals surface area contributed by atoms with Crippen LogP contribution in [0.25, 0.3) is 0 Å². The molecule has 2 aromatic rings. The van der Waals surface area contributed by atoms with Crippen molar-refractivity contribution in [2.24, 2.45) is 0 Å². The fourth-order valence-corrected chi connectivity index (χ4v) is 2.43. The smallest absolute Gasteiger partial charge is 0.328 e. The first kappa shape index (κ1) is 12.1. The van der Waals surface area contributed by atoms with Crippen molar-refractivity contribution >= 4 is 5.69 Å². The summed E-state index contributed by atoms with van der Waals surface area (Å²) in [4.78, 5) is 12.1. The lowest BCUT2D eigenvalue weighted by molar-refractivity contribution is 0.592. The van der Waals surface area contributed by atoms with Crippen molar-refractivity contribution in [3.63, 3.8) is 0 Å². The zero-order valence-corrected chi connectivity index (χ0v) is 11.0. The number of hydrogen-bond donors (Lipinski definition) is 1. The summed E-state index contributed by atoms with van der Waals surface area (Å²) in [5, 5.41) is 0. The first-order valence-electron chi connectivity index (χ1n) is 6.86. The second kappa shape index (κ2) is 4.96. The molecule has 4 nitrogen and oxygen atoms in total. The molecule has 0 spiro atoms. The Labute approximate surface area is 112 Å². The van der Waals surface area contributed by atoms with Gasteiger partial charge in [0.25, 0.3) is 0 Å². The summed E-state index contributed by atoms with van der Waals surface area (Å²) < 4.78 is 3.67. The Morgan fingerprint density at radius 2 is 2.11 bits per heavy atom. The Kier molecular flexibility index (Phi) is 3.15. The quantitative estimate of drug-likeness (QED) is 0.835. The Bertz CT molecular complexity index is 622. The largest absolute Gasteiger partial charge is 0.399 e. The molecule has 2 N–H and O–H groups in total. The molecule has 19 heavy (non-hydrogen) atoms. The maximum absolute atomic E-state index is 12.1. The van der Waals surface area contributed by atoms with E-state index in [9.17, 15) is 4.79 Å². The van der Waals surface area contributed by atoms with E-state index in [0.29, 0.717) is 6.04 Å². The zero-order chi connectivity index (χ0) is 13.2. The molecule has 3 rings (SSSR count). The number of hydrogen-bond acceptors (Lipinski definition) is 2. The van der Waals surface area contributed by atoms with Crippen molar-refractivity contribution in [3.05, 3.63) is 52.7 Å². The molecule has 0 radical (unpaired) electrons. The van der Waals surface area contributed by atoms with Crippen LogP contribution in [-0.2, 0) is 13.0 Å². The number of nitrogens with two attached hydrogens (primary N) is 1. The molecule has 100 valence electrons. The van der Waals surface area contributed by atoms with E-state index in [-0.39, 0.29) is 5.69 Å². The molecule has 0 aliphatic heterocycles. The lowest BCUT2D eigenvalue weighted by Gasteiger charge is -2.03. The number of aromatic nitrogens is 2. The van der Waals surface area contributed by atoms with E-state index in [4.69, 9.17) is 5.73 Å². The van der Waals surface area contributed by atoms with Crippen LogP contribution in [0.15, 0.2) is 41.5 Å². The van der Waals surface area contributed by atoms with Crippen molar-refractivity contribution in [2.75, 3.05) is 5.73 Å². The summed E-state index contributed by atoms with van der Waals surface area (Å²) in [6.07, 6.45) is 8.02. The second-order valence-electron chi connectivity index (χ2n) is 5.26. The molecule has 0 amide bonds. The van der Waals surface area contributed by atoms with Gasteiger partial charge in [0, 0.05) is 30.7 Å². The van der Waals surface area contributed by atoms with E-state index in [1.165, 1.54) is 5.56 Å². The average Bonchev–Trinajstić information content (AvgIpc) is 3.16. The van der Waals surface area contributed by atoms with Crippen LogP contribution in [0.2, 0.25) is 0 Å². The van der Waals surface area contributed by atoms with Gasteiger partial charge in [-0.15, -0.1) is 0 Å². The van der Waals surface area contributed by atoms with Gasteiger partial charge in [-0.2, -0.15) is 0 Å². The van der Waals surface area contributed by atoms with Crippen LogP contribution in [0, 0.1) is 0 Å². The lowest BCUT2D eigenvalue weighted by Crippen LogP contribution is -2.23. The summed E-state index contributed by atoms with van der Waals surface area (Å²) in [5.41, 5.74) is 7.92. The third kappa shape index (κ3) is 2.72. The fourth-order valence-electron chi connectivity index (χ4n) is 2.43. The van der Waals surface area contributed by atoms with Crippen LogP contribution in [0.4, 0.5) is 5.69 Å². The molecule has 1 aliphatic rings. The van der Waals surface area contributed by atoms with E-state index < -0.39 is 0 Å². The SMILES string of the molecule is Nc1cccc(CCCn2ccn(C3CC3)c2=O)c1. The summed E-state index contributed by atoms with van der Waals surface area (Å²) in [5.74, 6) is 0. The normalized spacial score (nSPS) is 14.7. The molecule has 1 saturated carbocycles. The van der Waals surface area contributed by atoms with Gasteiger partial charge in [0.05, 0.1) is 0 Å². The van der Waals surface area contributed by atoms with Crippen LogP contribution in [0.3, 0.4) is 0 Å². The molecule has 0 saturated heterocycles. The Morgan fingerprint density at radius 1 is 1.26 bits per heavy atom. The number of anilines is 1. The molecule has 0 bridgehead atoms.